The highest BCUT2D eigenvalue weighted by Crippen LogP contribution is 2.31. The Morgan fingerprint density at radius 2 is 2.11 bits per heavy atom. The van der Waals surface area contributed by atoms with Gasteiger partial charge >= 0.3 is 0 Å². The van der Waals surface area contributed by atoms with Gasteiger partial charge in [-0.25, -0.2) is 4.98 Å². The van der Waals surface area contributed by atoms with Crippen LogP contribution in [0.3, 0.4) is 0 Å². The minimum atomic E-state index is 0.429. The second-order valence-corrected chi connectivity index (χ2v) is 6.20. The molecule has 1 aromatic rings. The van der Waals surface area contributed by atoms with Crippen LogP contribution in [-0.4, -0.2) is 16.0 Å². The van der Waals surface area contributed by atoms with Crippen molar-refractivity contribution in [2.24, 2.45) is 17.6 Å². The molecule has 0 aliphatic heterocycles. The van der Waals surface area contributed by atoms with Gasteiger partial charge in [0.15, 0.2) is 0 Å². The molecule has 3 unspecified atom stereocenters. The average Bonchev–Trinajstić information content (AvgIpc) is 2.34. The van der Waals surface area contributed by atoms with Crippen molar-refractivity contribution in [3.63, 3.8) is 0 Å². The Morgan fingerprint density at radius 3 is 2.79 bits per heavy atom. The summed E-state index contributed by atoms with van der Waals surface area (Å²) in [6.45, 7) is 6.63. The van der Waals surface area contributed by atoms with E-state index in [1.165, 1.54) is 19.3 Å². The normalized spacial score (nSPS) is 27.0. The Hall–Kier alpha value is -1.16. The van der Waals surface area contributed by atoms with E-state index in [2.05, 4.69) is 24.1 Å². The van der Waals surface area contributed by atoms with Crippen molar-refractivity contribution in [3.8, 4) is 0 Å². The molecule has 1 saturated carbocycles. The molecule has 1 aliphatic rings. The van der Waals surface area contributed by atoms with E-state index in [0.717, 1.165) is 23.0 Å². The van der Waals surface area contributed by atoms with Crippen LogP contribution in [0.4, 0.5) is 5.82 Å². The van der Waals surface area contributed by atoms with E-state index in [1.54, 1.807) is 0 Å². The van der Waals surface area contributed by atoms with Crippen molar-refractivity contribution in [3.05, 3.63) is 23.4 Å². The van der Waals surface area contributed by atoms with Crippen LogP contribution < -0.4 is 11.1 Å². The molecule has 0 amide bonds. The van der Waals surface area contributed by atoms with Gasteiger partial charge in [-0.05, 0) is 37.3 Å². The van der Waals surface area contributed by atoms with Gasteiger partial charge in [0.1, 0.15) is 10.8 Å². The maximum atomic E-state index is 5.71. The number of thiocarbonyl (C=S) groups is 1. The first-order valence-corrected chi connectivity index (χ1v) is 7.43. The molecule has 3 atom stereocenters. The van der Waals surface area contributed by atoms with Crippen LogP contribution in [0.25, 0.3) is 0 Å². The lowest BCUT2D eigenvalue weighted by atomic mass is 9.78. The van der Waals surface area contributed by atoms with Gasteiger partial charge in [0, 0.05) is 17.3 Å². The molecule has 4 heteroatoms. The molecule has 1 heterocycles. The topological polar surface area (TPSA) is 50.9 Å². The van der Waals surface area contributed by atoms with Crippen LogP contribution in [0.15, 0.2) is 12.1 Å². The number of aryl methyl sites for hydroxylation is 1. The first kappa shape index (κ1) is 14.3. The van der Waals surface area contributed by atoms with Crippen LogP contribution in [0.5, 0.6) is 0 Å². The SMILES string of the molecule is Cc1cc(C(N)=S)cc(NC2CCCC(C)C2C)n1. The van der Waals surface area contributed by atoms with Crippen LogP contribution in [0.1, 0.15) is 44.4 Å². The van der Waals surface area contributed by atoms with E-state index in [9.17, 15) is 0 Å². The monoisotopic (exact) mass is 277 g/mol. The molecule has 0 radical (unpaired) electrons. The predicted octanol–water partition coefficient (Wildman–Crippen LogP) is 3.26. The van der Waals surface area contributed by atoms with E-state index in [0.29, 0.717) is 16.9 Å². The highest BCUT2D eigenvalue weighted by atomic mass is 32.1. The molecule has 104 valence electrons. The Balaban J connectivity index is 2.16. The number of nitrogens with one attached hydrogen (secondary N) is 1. The lowest BCUT2D eigenvalue weighted by Gasteiger charge is -2.35. The van der Waals surface area contributed by atoms with Gasteiger partial charge in [-0.3, -0.25) is 0 Å². The molecule has 2 rings (SSSR count). The maximum Gasteiger partial charge on any atom is 0.127 e. The van der Waals surface area contributed by atoms with Crippen LogP contribution in [0.2, 0.25) is 0 Å². The highest BCUT2D eigenvalue weighted by Gasteiger charge is 2.27. The first-order chi connectivity index (χ1) is 8.97. The number of hydrogen-bond acceptors (Lipinski definition) is 3. The quantitative estimate of drug-likeness (QED) is 0.833. The largest absolute Gasteiger partial charge is 0.389 e. The summed E-state index contributed by atoms with van der Waals surface area (Å²) < 4.78 is 0. The van der Waals surface area contributed by atoms with Crippen molar-refractivity contribution < 1.29 is 0 Å². The molecule has 0 aromatic carbocycles. The van der Waals surface area contributed by atoms with Crippen molar-refractivity contribution in [2.75, 3.05) is 5.32 Å². The van der Waals surface area contributed by atoms with Crippen LogP contribution in [0, 0.1) is 18.8 Å². The molecule has 1 aliphatic carbocycles. The minimum absolute atomic E-state index is 0.429. The zero-order valence-corrected chi connectivity index (χ0v) is 12.8. The smallest absolute Gasteiger partial charge is 0.127 e. The molecular weight excluding hydrogens is 254 g/mol. The molecule has 0 bridgehead atoms. The van der Waals surface area contributed by atoms with E-state index >= 15 is 0 Å². The summed E-state index contributed by atoms with van der Waals surface area (Å²) >= 11 is 5.05. The Bertz CT molecular complexity index is 472. The number of anilines is 1. The van der Waals surface area contributed by atoms with E-state index < -0.39 is 0 Å². The fourth-order valence-corrected chi connectivity index (χ4v) is 2.98. The fourth-order valence-electron chi connectivity index (χ4n) is 2.86. The zero-order chi connectivity index (χ0) is 14.0. The molecule has 3 N–H and O–H groups in total. The highest BCUT2D eigenvalue weighted by molar-refractivity contribution is 7.80. The number of hydrogen-bond donors (Lipinski definition) is 2. The van der Waals surface area contributed by atoms with Gasteiger partial charge in [0.05, 0.1) is 0 Å². The van der Waals surface area contributed by atoms with Crippen molar-refractivity contribution in [1.29, 1.82) is 0 Å². The summed E-state index contributed by atoms with van der Waals surface area (Å²) in [5.41, 5.74) is 7.55. The van der Waals surface area contributed by atoms with Gasteiger partial charge in [-0.2, -0.15) is 0 Å². The van der Waals surface area contributed by atoms with Crippen LogP contribution in [-0.2, 0) is 0 Å². The van der Waals surface area contributed by atoms with Crippen LogP contribution >= 0.6 is 12.2 Å². The number of nitrogens with two attached hydrogens (primary N) is 1. The molecule has 0 spiro atoms. The molecule has 1 fully saturated rings. The van der Waals surface area contributed by atoms with Gasteiger partial charge in [-0.15, -0.1) is 0 Å². The second kappa shape index (κ2) is 5.87. The van der Waals surface area contributed by atoms with E-state index in [1.807, 2.05) is 19.1 Å². The van der Waals surface area contributed by atoms with Gasteiger partial charge in [-0.1, -0.05) is 38.9 Å². The Labute approximate surface area is 121 Å². The predicted molar refractivity (Wildman–Crippen MR) is 84.5 cm³/mol. The third-order valence-corrected chi connectivity index (χ3v) is 4.51. The van der Waals surface area contributed by atoms with E-state index in [-0.39, 0.29) is 0 Å². The molecule has 1 aromatic heterocycles. The molecular formula is C15H23N3S. The lowest BCUT2D eigenvalue weighted by Crippen LogP contribution is -2.35. The summed E-state index contributed by atoms with van der Waals surface area (Å²) in [7, 11) is 0. The minimum Gasteiger partial charge on any atom is -0.389 e. The maximum absolute atomic E-state index is 5.71. The fraction of sp³-hybridized carbons (Fsp3) is 0.600. The second-order valence-electron chi connectivity index (χ2n) is 5.76. The lowest BCUT2D eigenvalue weighted by molar-refractivity contribution is 0.253. The number of rotatable bonds is 3. The van der Waals surface area contributed by atoms with Crippen molar-refractivity contribution >= 4 is 23.0 Å². The molecule has 19 heavy (non-hydrogen) atoms. The number of aromatic nitrogens is 1. The Kier molecular flexibility index (Phi) is 4.40. The van der Waals surface area contributed by atoms with Gasteiger partial charge in [0.25, 0.3) is 0 Å². The van der Waals surface area contributed by atoms with E-state index in [4.69, 9.17) is 18.0 Å². The molecule has 3 nitrogen and oxygen atoms in total. The summed E-state index contributed by atoms with van der Waals surface area (Å²) in [6, 6.07) is 4.39. The summed E-state index contributed by atoms with van der Waals surface area (Å²) in [6.07, 6.45) is 3.83. The average molecular weight is 277 g/mol. The summed E-state index contributed by atoms with van der Waals surface area (Å²) in [5.74, 6) is 2.34. The number of pyridine rings is 1. The summed E-state index contributed by atoms with van der Waals surface area (Å²) in [4.78, 5) is 4.97. The molecule has 0 saturated heterocycles. The van der Waals surface area contributed by atoms with Crippen molar-refractivity contribution in [1.82, 2.24) is 4.98 Å². The standard InChI is InChI=1S/C15H23N3S/c1-9-5-4-6-13(11(9)3)18-14-8-12(15(16)19)7-10(2)17-14/h7-9,11,13H,4-6H2,1-3H3,(H2,16,19)(H,17,18). The van der Waals surface area contributed by atoms with Crippen molar-refractivity contribution in [2.45, 2.75) is 46.1 Å². The first-order valence-electron chi connectivity index (χ1n) is 7.02. The number of nitrogens with zero attached hydrogens (tertiary/aromatic N) is 1. The van der Waals surface area contributed by atoms with Gasteiger partial charge in [0.2, 0.25) is 0 Å². The van der Waals surface area contributed by atoms with Gasteiger partial charge < -0.3 is 11.1 Å². The summed E-state index contributed by atoms with van der Waals surface area (Å²) in [5, 5.41) is 3.57. The Morgan fingerprint density at radius 1 is 1.37 bits per heavy atom. The zero-order valence-electron chi connectivity index (χ0n) is 11.9. The third kappa shape index (κ3) is 3.44. The third-order valence-electron chi connectivity index (χ3n) is 4.28.